The van der Waals surface area contributed by atoms with Gasteiger partial charge in [-0.25, -0.2) is 0 Å². The van der Waals surface area contributed by atoms with Crippen molar-refractivity contribution in [3.8, 4) is 11.5 Å². The van der Waals surface area contributed by atoms with Crippen LogP contribution in [0.15, 0.2) is 30.3 Å². The summed E-state index contributed by atoms with van der Waals surface area (Å²) in [7, 11) is 3.17. The van der Waals surface area contributed by atoms with Crippen molar-refractivity contribution in [1.29, 1.82) is 0 Å². The fourth-order valence-electron chi connectivity index (χ4n) is 4.11. The number of fused-ring (bicyclic) bond motifs is 1. The number of nitro groups is 1. The third-order valence-electron chi connectivity index (χ3n) is 5.78. The van der Waals surface area contributed by atoms with Gasteiger partial charge in [0, 0.05) is 37.8 Å². The summed E-state index contributed by atoms with van der Waals surface area (Å²) in [6, 6.07) is 8.56. The van der Waals surface area contributed by atoms with Gasteiger partial charge < -0.3 is 24.0 Å². The Morgan fingerprint density at radius 3 is 2.35 bits per heavy atom. The van der Waals surface area contributed by atoms with Crippen LogP contribution in [0.2, 0.25) is 0 Å². The lowest BCUT2D eigenvalue weighted by atomic mass is 9.98. The second-order valence-electron chi connectivity index (χ2n) is 7.51. The molecular formula is C22H25N3O6. The van der Waals surface area contributed by atoms with E-state index in [0.717, 1.165) is 11.1 Å². The average molecular weight is 427 g/mol. The first-order valence-corrected chi connectivity index (χ1v) is 10.2. The molecule has 2 heterocycles. The molecule has 0 aliphatic carbocycles. The van der Waals surface area contributed by atoms with Crippen LogP contribution in [-0.4, -0.2) is 62.8 Å². The molecule has 0 radical (unpaired) electrons. The molecule has 0 atom stereocenters. The molecular weight excluding hydrogens is 402 g/mol. The van der Waals surface area contributed by atoms with Crippen molar-refractivity contribution in [2.75, 3.05) is 52.0 Å². The molecule has 9 heteroatoms. The van der Waals surface area contributed by atoms with Crippen molar-refractivity contribution in [3.63, 3.8) is 0 Å². The number of nitrogens with zero attached hydrogens (tertiary/aromatic N) is 3. The second kappa shape index (κ2) is 8.81. The summed E-state index contributed by atoms with van der Waals surface area (Å²) in [5.41, 5.74) is 2.86. The maximum Gasteiger partial charge on any atom is 0.293 e. The van der Waals surface area contributed by atoms with Gasteiger partial charge in [-0.1, -0.05) is 0 Å². The van der Waals surface area contributed by atoms with Crippen LogP contribution in [0.1, 0.15) is 21.5 Å². The van der Waals surface area contributed by atoms with Gasteiger partial charge in [0.25, 0.3) is 11.6 Å². The van der Waals surface area contributed by atoms with Crippen LogP contribution in [0.25, 0.3) is 0 Å². The van der Waals surface area contributed by atoms with Gasteiger partial charge in [-0.15, -0.1) is 0 Å². The molecule has 2 aromatic rings. The van der Waals surface area contributed by atoms with Gasteiger partial charge in [0.1, 0.15) is 5.69 Å². The van der Waals surface area contributed by atoms with Gasteiger partial charge in [0.15, 0.2) is 11.5 Å². The maximum absolute atomic E-state index is 13.2. The van der Waals surface area contributed by atoms with Crippen LogP contribution in [-0.2, 0) is 17.7 Å². The molecule has 4 rings (SSSR count). The van der Waals surface area contributed by atoms with E-state index in [9.17, 15) is 14.9 Å². The van der Waals surface area contributed by atoms with Crippen molar-refractivity contribution in [2.45, 2.75) is 13.0 Å². The number of hydrogen-bond donors (Lipinski definition) is 0. The smallest absolute Gasteiger partial charge is 0.293 e. The molecule has 164 valence electrons. The molecule has 0 unspecified atom stereocenters. The Morgan fingerprint density at radius 2 is 1.71 bits per heavy atom. The number of amides is 1. The minimum absolute atomic E-state index is 0.0587. The first kappa shape index (κ1) is 20.9. The summed E-state index contributed by atoms with van der Waals surface area (Å²) >= 11 is 0. The van der Waals surface area contributed by atoms with E-state index in [1.54, 1.807) is 31.3 Å². The zero-order valence-corrected chi connectivity index (χ0v) is 17.6. The predicted molar refractivity (Wildman–Crippen MR) is 114 cm³/mol. The molecule has 1 fully saturated rings. The molecule has 2 aromatic carbocycles. The fraction of sp³-hybridized carbons (Fsp3) is 0.409. The molecule has 2 aliphatic heterocycles. The van der Waals surface area contributed by atoms with E-state index in [0.29, 0.717) is 68.6 Å². The SMILES string of the molecule is COc1cc2c(cc1OC)CN(C(=O)c1ccc(N3CCOCC3)c([N+](=O)[O-])c1)CC2. The van der Waals surface area contributed by atoms with E-state index >= 15 is 0 Å². The Kier molecular flexibility index (Phi) is 5.94. The normalized spacial score (nSPS) is 15.9. The first-order chi connectivity index (χ1) is 15.0. The van der Waals surface area contributed by atoms with Crippen LogP contribution in [0.5, 0.6) is 11.5 Å². The quantitative estimate of drug-likeness (QED) is 0.535. The molecule has 2 aliphatic rings. The molecule has 0 spiro atoms. The molecule has 31 heavy (non-hydrogen) atoms. The maximum atomic E-state index is 13.2. The van der Waals surface area contributed by atoms with Crippen LogP contribution in [0.3, 0.4) is 0 Å². The molecule has 0 bridgehead atoms. The predicted octanol–water partition coefficient (Wildman–Crippen LogP) is 2.65. The number of morpholine rings is 1. The number of carbonyl (C=O) groups is 1. The Balaban J connectivity index is 1.58. The minimum atomic E-state index is -0.426. The van der Waals surface area contributed by atoms with Gasteiger partial charge in [0.05, 0.1) is 32.4 Å². The lowest BCUT2D eigenvalue weighted by Gasteiger charge is -2.30. The van der Waals surface area contributed by atoms with Crippen molar-refractivity contribution in [2.24, 2.45) is 0 Å². The zero-order chi connectivity index (χ0) is 22.0. The highest BCUT2D eigenvalue weighted by atomic mass is 16.6. The third kappa shape index (κ3) is 4.13. The molecule has 0 N–H and O–H groups in total. The van der Waals surface area contributed by atoms with E-state index in [1.807, 2.05) is 17.0 Å². The van der Waals surface area contributed by atoms with Gasteiger partial charge in [-0.3, -0.25) is 14.9 Å². The standard InChI is InChI=1S/C22H25N3O6/c1-29-20-12-15-5-6-24(14-17(15)13-21(20)30-2)22(26)16-3-4-18(19(11-16)25(27)28)23-7-9-31-10-8-23/h3-4,11-13H,5-10,14H2,1-2H3. The van der Waals surface area contributed by atoms with Crippen LogP contribution < -0.4 is 14.4 Å². The van der Waals surface area contributed by atoms with E-state index in [2.05, 4.69) is 0 Å². The van der Waals surface area contributed by atoms with Crippen molar-refractivity contribution >= 4 is 17.3 Å². The zero-order valence-electron chi connectivity index (χ0n) is 17.6. The van der Waals surface area contributed by atoms with Crippen LogP contribution >= 0.6 is 0 Å². The Bertz CT molecular complexity index is 1000. The van der Waals surface area contributed by atoms with Crippen molar-refractivity contribution in [3.05, 3.63) is 57.1 Å². The molecule has 1 saturated heterocycles. The highest BCUT2D eigenvalue weighted by molar-refractivity contribution is 5.96. The van der Waals surface area contributed by atoms with Crippen molar-refractivity contribution in [1.82, 2.24) is 4.90 Å². The lowest BCUT2D eigenvalue weighted by molar-refractivity contribution is -0.384. The molecule has 0 saturated carbocycles. The van der Waals surface area contributed by atoms with Crippen LogP contribution in [0.4, 0.5) is 11.4 Å². The van der Waals surface area contributed by atoms with E-state index in [1.165, 1.54) is 6.07 Å². The number of hydrogen-bond acceptors (Lipinski definition) is 7. The molecule has 9 nitrogen and oxygen atoms in total. The summed E-state index contributed by atoms with van der Waals surface area (Å²) in [6.07, 6.45) is 0.676. The Morgan fingerprint density at radius 1 is 1.03 bits per heavy atom. The number of anilines is 1. The monoisotopic (exact) mass is 427 g/mol. The van der Waals surface area contributed by atoms with Gasteiger partial charge >= 0.3 is 0 Å². The number of methoxy groups -OCH3 is 2. The number of nitro benzene ring substituents is 1. The largest absolute Gasteiger partial charge is 0.493 e. The number of ether oxygens (including phenoxy) is 3. The number of rotatable bonds is 5. The Labute approximate surface area is 180 Å². The Hall–Kier alpha value is -3.33. The van der Waals surface area contributed by atoms with E-state index in [4.69, 9.17) is 14.2 Å². The van der Waals surface area contributed by atoms with Crippen LogP contribution in [0, 0.1) is 10.1 Å². The topological polar surface area (TPSA) is 94.4 Å². The number of carbonyl (C=O) groups excluding carboxylic acids is 1. The summed E-state index contributed by atoms with van der Waals surface area (Å²) in [5.74, 6) is 1.05. The van der Waals surface area contributed by atoms with Gasteiger partial charge in [-0.2, -0.15) is 0 Å². The summed E-state index contributed by atoms with van der Waals surface area (Å²) in [5, 5.41) is 11.7. The highest BCUT2D eigenvalue weighted by Gasteiger charge is 2.27. The molecule has 1 amide bonds. The third-order valence-corrected chi connectivity index (χ3v) is 5.78. The second-order valence-corrected chi connectivity index (χ2v) is 7.51. The summed E-state index contributed by atoms with van der Waals surface area (Å²) in [6.45, 7) is 3.16. The van der Waals surface area contributed by atoms with Gasteiger partial charge in [-0.05, 0) is 41.8 Å². The van der Waals surface area contributed by atoms with Gasteiger partial charge in [0.2, 0.25) is 0 Å². The number of benzene rings is 2. The average Bonchev–Trinajstić information content (AvgIpc) is 2.82. The summed E-state index contributed by atoms with van der Waals surface area (Å²) in [4.78, 5) is 28.1. The molecule has 0 aromatic heterocycles. The van der Waals surface area contributed by atoms with Crippen molar-refractivity contribution < 1.29 is 23.9 Å². The van der Waals surface area contributed by atoms with E-state index < -0.39 is 4.92 Å². The fourth-order valence-corrected chi connectivity index (χ4v) is 4.11. The first-order valence-electron chi connectivity index (χ1n) is 10.2. The van der Waals surface area contributed by atoms with E-state index in [-0.39, 0.29) is 11.6 Å². The summed E-state index contributed by atoms with van der Waals surface area (Å²) < 4.78 is 16.1. The highest BCUT2D eigenvalue weighted by Crippen LogP contribution is 2.34. The lowest BCUT2D eigenvalue weighted by Crippen LogP contribution is -2.37. The minimum Gasteiger partial charge on any atom is -0.493 e.